The summed E-state index contributed by atoms with van der Waals surface area (Å²) in [6, 6.07) is 11.5. The summed E-state index contributed by atoms with van der Waals surface area (Å²) in [5.74, 6) is -0.609. The van der Waals surface area contributed by atoms with Gasteiger partial charge in [-0.05, 0) is 48.5 Å². The molecule has 0 aliphatic carbocycles. The fraction of sp³-hybridized carbons (Fsp3) is 0.0588. The van der Waals surface area contributed by atoms with Crippen LogP contribution in [0.5, 0.6) is 0 Å². The summed E-state index contributed by atoms with van der Waals surface area (Å²) >= 11 is 1.37. The van der Waals surface area contributed by atoms with Crippen LogP contribution in [-0.4, -0.2) is 19.3 Å². The summed E-state index contributed by atoms with van der Waals surface area (Å²) < 4.78 is 35.4. The number of nitrogens with zero attached hydrogens (tertiary/aromatic N) is 1. The average molecular weight is 391 g/mol. The molecule has 0 saturated carbocycles. The highest BCUT2D eigenvalue weighted by Crippen LogP contribution is 2.24. The number of halogens is 1. The maximum Gasteiger partial charge on any atom is 0.238 e. The van der Waals surface area contributed by atoms with Gasteiger partial charge in [0.2, 0.25) is 15.9 Å². The van der Waals surface area contributed by atoms with E-state index >= 15 is 0 Å². The molecule has 0 fully saturated rings. The van der Waals surface area contributed by atoms with Crippen LogP contribution in [0.15, 0.2) is 58.8 Å². The van der Waals surface area contributed by atoms with E-state index < -0.39 is 10.0 Å². The molecule has 0 unspecified atom stereocenters. The van der Waals surface area contributed by atoms with Crippen LogP contribution >= 0.6 is 11.3 Å². The Morgan fingerprint density at radius 2 is 1.77 bits per heavy atom. The highest BCUT2D eigenvalue weighted by molar-refractivity contribution is 7.89. The number of carbonyl (C=O) groups is 1. The first kappa shape index (κ1) is 18.2. The quantitative estimate of drug-likeness (QED) is 0.698. The number of benzene rings is 2. The molecule has 0 aliphatic rings. The fourth-order valence-corrected chi connectivity index (χ4v) is 3.55. The van der Waals surface area contributed by atoms with Crippen molar-refractivity contribution in [2.24, 2.45) is 5.14 Å². The molecule has 0 saturated heterocycles. The molecule has 0 bridgehead atoms. The number of rotatable bonds is 5. The maximum atomic E-state index is 13.0. The van der Waals surface area contributed by atoms with E-state index in [-0.39, 0.29) is 23.0 Å². The predicted molar refractivity (Wildman–Crippen MR) is 97.7 cm³/mol. The van der Waals surface area contributed by atoms with E-state index in [4.69, 9.17) is 5.14 Å². The Morgan fingerprint density at radius 1 is 1.12 bits per heavy atom. The standard InChI is InChI=1S/C17H14FN3O3S2/c18-12-3-1-11(2-4-12)17-21-14(10-25-17)9-16(22)20-13-5-7-15(8-6-13)26(19,23)24/h1-8,10H,9H2,(H,20,22)(H2,19,23,24). The Bertz CT molecular complexity index is 1030. The number of aromatic nitrogens is 1. The molecule has 3 N–H and O–H groups in total. The zero-order chi connectivity index (χ0) is 18.7. The minimum absolute atomic E-state index is 0.0288. The zero-order valence-corrected chi connectivity index (χ0v) is 15.0. The lowest BCUT2D eigenvalue weighted by molar-refractivity contribution is -0.115. The third-order valence-electron chi connectivity index (χ3n) is 3.45. The van der Waals surface area contributed by atoms with Crippen molar-refractivity contribution in [3.8, 4) is 10.6 Å². The van der Waals surface area contributed by atoms with Crippen LogP contribution in [0.25, 0.3) is 10.6 Å². The van der Waals surface area contributed by atoms with Gasteiger partial charge in [0.05, 0.1) is 17.0 Å². The Labute approximate surface area is 153 Å². The van der Waals surface area contributed by atoms with Crippen molar-refractivity contribution in [2.45, 2.75) is 11.3 Å². The van der Waals surface area contributed by atoms with E-state index in [0.717, 1.165) is 5.56 Å². The molecule has 1 amide bonds. The smallest absolute Gasteiger partial charge is 0.238 e. The number of primary sulfonamides is 1. The Morgan fingerprint density at radius 3 is 2.38 bits per heavy atom. The molecule has 9 heteroatoms. The summed E-state index contributed by atoms with van der Waals surface area (Å²) in [6.07, 6.45) is 0.0641. The van der Waals surface area contributed by atoms with Crippen molar-refractivity contribution in [3.63, 3.8) is 0 Å². The summed E-state index contributed by atoms with van der Waals surface area (Å²) in [5.41, 5.74) is 1.83. The minimum Gasteiger partial charge on any atom is -0.326 e. The van der Waals surface area contributed by atoms with Gasteiger partial charge in [-0.2, -0.15) is 0 Å². The number of carbonyl (C=O) groups excluding carboxylic acids is 1. The van der Waals surface area contributed by atoms with Gasteiger partial charge in [-0.15, -0.1) is 11.3 Å². The lowest BCUT2D eigenvalue weighted by atomic mass is 10.2. The van der Waals surface area contributed by atoms with Gasteiger partial charge in [0.15, 0.2) is 0 Å². The molecule has 0 radical (unpaired) electrons. The lowest BCUT2D eigenvalue weighted by Gasteiger charge is -2.05. The number of sulfonamides is 1. The van der Waals surface area contributed by atoms with E-state index in [0.29, 0.717) is 16.4 Å². The van der Waals surface area contributed by atoms with Crippen LogP contribution in [0.4, 0.5) is 10.1 Å². The number of anilines is 1. The molecule has 3 aromatic rings. The fourth-order valence-electron chi connectivity index (χ4n) is 2.21. The monoisotopic (exact) mass is 391 g/mol. The molecule has 0 spiro atoms. The van der Waals surface area contributed by atoms with Crippen molar-refractivity contribution < 1.29 is 17.6 Å². The second-order valence-electron chi connectivity index (χ2n) is 5.45. The van der Waals surface area contributed by atoms with Gasteiger partial charge in [0.1, 0.15) is 10.8 Å². The molecule has 2 aromatic carbocycles. The van der Waals surface area contributed by atoms with Crippen molar-refractivity contribution in [2.75, 3.05) is 5.32 Å². The zero-order valence-electron chi connectivity index (χ0n) is 13.3. The van der Waals surface area contributed by atoms with Crippen LogP contribution in [0.2, 0.25) is 0 Å². The van der Waals surface area contributed by atoms with Crippen LogP contribution < -0.4 is 10.5 Å². The molecular formula is C17H14FN3O3S2. The van der Waals surface area contributed by atoms with E-state index in [1.165, 1.54) is 47.7 Å². The van der Waals surface area contributed by atoms with Crippen LogP contribution in [0.3, 0.4) is 0 Å². The van der Waals surface area contributed by atoms with Crippen LogP contribution in [0.1, 0.15) is 5.69 Å². The molecular weight excluding hydrogens is 377 g/mol. The van der Waals surface area contributed by atoms with Gasteiger partial charge >= 0.3 is 0 Å². The number of nitrogens with two attached hydrogens (primary N) is 1. The Balaban J connectivity index is 1.64. The molecule has 3 rings (SSSR count). The van der Waals surface area contributed by atoms with Crippen molar-refractivity contribution in [1.29, 1.82) is 0 Å². The number of amides is 1. The largest absolute Gasteiger partial charge is 0.326 e. The van der Waals surface area contributed by atoms with Gasteiger partial charge in [-0.25, -0.2) is 22.9 Å². The minimum atomic E-state index is -3.77. The van der Waals surface area contributed by atoms with Crippen LogP contribution in [0, 0.1) is 5.82 Å². The number of hydrogen-bond acceptors (Lipinski definition) is 5. The maximum absolute atomic E-state index is 13.0. The molecule has 26 heavy (non-hydrogen) atoms. The third kappa shape index (κ3) is 4.51. The molecule has 0 atom stereocenters. The number of hydrogen-bond donors (Lipinski definition) is 2. The first-order chi connectivity index (χ1) is 12.3. The van der Waals surface area contributed by atoms with Gasteiger partial charge in [0.25, 0.3) is 0 Å². The van der Waals surface area contributed by atoms with Gasteiger partial charge in [-0.3, -0.25) is 4.79 Å². The number of thiazole rings is 1. The topological polar surface area (TPSA) is 102 Å². The van der Waals surface area contributed by atoms with Gasteiger partial charge < -0.3 is 5.32 Å². The number of nitrogens with one attached hydrogen (secondary N) is 1. The van der Waals surface area contributed by atoms with E-state index in [2.05, 4.69) is 10.3 Å². The van der Waals surface area contributed by atoms with E-state index in [1.807, 2.05) is 0 Å². The molecule has 1 heterocycles. The Kier molecular flexibility index (Phi) is 5.12. The van der Waals surface area contributed by atoms with Crippen molar-refractivity contribution >= 4 is 33.0 Å². The Hall–Kier alpha value is -2.62. The van der Waals surface area contributed by atoms with E-state index in [9.17, 15) is 17.6 Å². The third-order valence-corrected chi connectivity index (χ3v) is 5.32. The second kappa shape index (κ2) is 7.32. The summed E-state index contributed by atoms with van der Waals surface area (Å²) in [5, 5.41) is 10.2. The van der Waals surface area contributed by atoms with Gasteiger partial charge in [-0.1, -0.05) is 0 Å². The first-order valence-corrected chi connectivity index (χ1v) is 9.87. The lowest BCUT2D eigenvalue weighted by Crippen LogP contribution is -2.15. The molecule has 6 nitrogen and oxygen atoms in total. The highest BCUT2D eigenvalue weighted by Gasteiger charge is 2.11. The second-order valence-corrected chi connectivity index (χ2v) is 7.86. The predicted octanol–water partition coefficient (Wildman–Crippen LogP) is 2.78. The summed E-state index contributed by atoms with van der Waals surface area (Å²) in [6.45, 7) is 0. The summed E-state index contributed by atoms with van der Waals surface area (Å²) in [7, 11) is -3.77. The summed E-state index contributed by atoms with van der Waals surface area (Å²) in [4.78, 5) is 16.5. The molecule has 1 aromatic heterocycles. The van der Waals surface area contributed by atoms with Crippen LogP contribution in [-0.2, 0) is 21.2 Å². The SMILES string of the molecule is NS(=O)(=O)c1ccc(NC(=O)Cc2csc(-c3ccc(F)cc3)n2)cc1. The first-order valence-electron chi connectivity index (χ1n) is 7.44. The van der Waals surface area contributed by atoms with Crippen molar-refractivity contribution in [3.05, 3.63) is 65.4 Å². The average Bonchev–Trinajstić information content (AvgIpc) is 3.03. The van der Waals surface area contributed by atoms with E-state index in [1.54, 1.807) is 17.5 Å². The van der Waals surface area contributed by atoms with Gasteiger partial charge in [0, 0.05) is 16.6 Å². The highest BCUT2D eigenvalue weighted by atomic mass is 32.2. The normalized spacial score (nSPS) is 11.3. The molecule has 0 aliphatic heterocycles. The molecule has 134 valence electrons. The van der Waals surface area contributed by atoms with Crippen molar-refractivity contribution in [1.82, 2.24) is 4.98 Å².